The summed E-state index contributed by atoms with van der Waals surface area (Å²) in [5, 5.41) is 0. The zero-order chi connectivity index (χ0) is 14.6. The van der Waals surface area contributed by atoms with Gasteiger partial charge in [0.15, 0.2) is 0 Å². The van der Waals surface area contributed by atoms with Gasteiger partial charge >= 0.3 is 0 Å². The van der Waals surface area contributed by atoms with E-state index in [2.05, 4.69) is 46.8 Å². The molecule has 0 aliphatic carbocycles. The van der Waals surface area contributed by atoms with E-state index in [1.165, 1.54) is 16.7 Å². The third-order valence-corrected chi connectivity index (χ3v) is 3.51. The second-order valence-corrected chi connectivity index (χ2v) is 6.34. The van der Waals surface area contributed by atoms with Gasteiger partial charge in [-0.1, -0.05) is 39.8 Å². The molecule has 0 saturated heterocycles. The van der Waals surface area contributed by atoms with E-state index in [1.54, 1.807) is 0 Å². The summed E-state index contributed by atoms with van der Waals surface area (Å²) in [5.41, 5.74) is 10.1. The van der Waals surface area contributed by atoms with Crippen LogP contribution in [0.3, 0.4) is 0 Å². The van der Waals surface area contributed by atoms with Gasteiger partial charge < -0.3 is 10.5 Å². The van der Waals surface area contributed by atoms with E-state index in [1.807, 2.05) is 6.92 Å². The molecule has 1 aromatic carbocycles. The predicted molar refractivity (Wildman–Crippen MR) is 83.0 cm³/mol. The topological polar surface area (TPSA) is 35.2 Å². The summed E-state index contributed by atoms with van der Waals surface area (Å²) < 4.78 is 5.83. The zero-order valence-electron chi connectivity index (χ0n) is 13.3. The van der Waals surface area contributed by atoms with Gasteiger partial charge in [0, 0.05) is 6.04 Å². The van der Waals surface area contributed by atoms with Crippen LogP contribution in [0.1, 0.15) is 57.7 Å². The Balaban J connectivity index is 3.24. The maximum atomic E-state index is 6.12. The smallest absolute Gasteiger partial charge is 0.125 e. The lowest BCUT2D eigenvalue weighted by molar-refractivity contribution is 0.332. The zero-order valence-corrected chi connectivity index (χ0v) is 13.3. The quantitative estimate of drug-likeness (QED) is 0.872. The molecule has 108 valence electrons. The highest BCUT2D eigenvalue weighted by Gasteiger charge is 2.19. The molecule has 0 amide bonds. The molecule has 19 heavy (non-hydrogen) atoms. The van der Waals surface area contributed by atoms with Gasteiger partial charge in [-0.25, -0.2) is 0 Å². The monoisotopic (exact) mass is 263 g/mol. The lowest BCUT2D eigenvalue weighted by Crippen LogP contribution is -2.22. The van der Waals surface area contributed by atoms with Crippen LogP contribution in [0.15, 0.2) is 12.1 Å². The largest absolute Gasteiger partial charge is 0.493 e. The number of nitrogens with two attached hydrogens (primary N) is 1. The molecule has 2 N–H and O–H groups in total. The lowest BCUT2D eigenvalue weighted by Gasteiger charge is -2.24. The Kier molecular flexibility index (Phi) is 5.42. The van der Waals surface area contributed by atoms with Crippen molar-refractivity contribution in [1.29, 1.82) is 0 Å². The molecule has 2 nitrogen and oxygen atoms in total. The maximum Gasteiger partial charge on any atom is 0.125 e. The van der Waals surface area contributed by atoms with Gasteiger partial charge in [0.2, 0.25) is 0 Å². The fraction of sp³-hybridized carbons (Fsp3) is 0.647. The Morgan fingerprint density at radius 1 is 1.21 bits per heavy atom. The molecule has 0 aromatic heterocycles. The van der Waals surface area contributed by atoms with Gasteiger partial charge in [0.25, 0.3) is 0 Å². The molecule has 0 spiro atoms. The second kappa shape index (κ2) is 6.42. The van der Waals surface area contributed by atoms with E-state index in [4.69, 9.17) is 10.5 Å². The van der Waals surface area contributed by atoms with E-state index < -0.39 is 0 Å². The van der Waals surface area contributed by atoms with Crippen molar-refractivity contribution >= 4 is 0 Å². The first-order valence-corrected chi connectivity index (χ1v) is 7.32. The normalized spacial score (nSPS) is 13.4. The van der Waals surface area contributed by atoms with Gasteiger partial charge in [0.1, 0.15) is 5.75 Å². The third kappa shape index (κ3) is 4.24. The number of benzene rings is 1. The van der Waals surface area contributed by atoms with Crippen LogP contribution in [0.5, 0.6) is 5.75 Å². The standard InChI is InChI=1S/C17H29NO/c1-7-15(18)11-13-10-14(17(4,5)6)9-12(3)16(13)19-8-2/h9-10,15H,7-8,11,18H2,1-6H3. The summed E-state index contributed by atoms with van der Waals surface area (Å²) in [6, 6.07) is 4.72. The fourth-order valence-electron chi connectivity index (χ4n) is 2.21. The van der Waals surface area contributed by atoms with Gasteiger partial charge in [-0.2, -0.15) is 0 Å². The highest BCUT2D eigenvalue weighted by Crippen LogP contribution is 2.32. The molecule has 1 rings (SSSR count). The number of aryl methyl sites for hydroxylation is 1. The molecule has 0 fully saturated rings. The molecular weight excluding hydrogens is 234 g/mol. The molecule has 2 heteroatoms. The van der Waals surface area contributed by atoms with Crippen LogP contribution >= 0.6 is 0 Å². The minimum atomic E-state index is 0.153. The van der Waals surface area contributed by atoms with Gasteiger partial charge in [-0.15, -0.1) is 0 Å². The van der Waals surface area contributed by atoms with Crippen molar-refractivity contribution in [3.63, 3.8) is 0 Å². The Hall–Kier alpha value is -1.02. The molecule has 1 atom stereocenters. The van der Waals surface area contributed by atoms with Gasteiger partial charge in [-0.3, -0.25) is 0 Å². The summed E-state index contributed by atoms with van der Waals surface area (Å²) in [6.45, 7) is 13.7. The predicted octanol–water partition coefficient (Wildman–Crippen LogP) is 3.97. The van der Waals surface area contributed by atoms with Gasteiger partial charge in [-0.05, 0) is 48.8 Å². The van der Waals surface area contributed by atoms with Crippen molar-refractivity contribution in [1.82, 2.24) is 0 Å². The van der Waals surface area contributed by atoms with Crippen molar-refractivity contribution in [3.05, 3.63) is 28.8 Å². The Bertz CT molecular complexity index is 418. The Morgan fingerprint density at radius 2 is 1.84 bits per heavy atom. The highest BCUT2D eigenvalue weighted by molar-refractivity contribution is 5.46. The molecule has 0 radical (unpaired) electrons. The second-order valence-electron chi connectivity index (χ2n) is 6.34. The minimum absolute atomic E-state index is 0.153. The third-order valence-electron chi connectivity index (χ3n) is 3.51. The van der Waals surface area contributed by atoms with Crippen LogP contribution in [-0.2, 0) is 11.8 Å². The summed E-state index contributed by atoms with van der Waals surface area (Å²) in [5.74, 6) is 1.03. The molecule has 0 aliphatic rings. The van der Waals surface area contributed by atoms with Crippen LogP contribution in [0.25, 0.3) is 0 Å². The molecule has 0 bridgehead atoms. The van der Waals surface area contributed by atoms with Crippen molar-refractivity contribution < 1.29 is 4.74 Å². The first-order valence-electron chi connectivity index (χ1n) is 7.32. The molecule has 1 unspecified atom stereocenters. The molecule has 1 aromatic rings. The van der Waals surface area contributed by atoms with E-state index >= 15 is 0 Å². The van der Waals surface area contributed by atoms with Gasteiger partial charge in [0.05, 0.1) is 6.61 Å². The average Bonchev–Trinajstić information content (AvgIpc) is 2.31. The fourth-order valence-corrected chi connectivity index (χ4v) is 2.21. The van der Waals surface area contributed by atoms with Crippen molar-refractivity contribution in [3.8, 4) is 5.75 Å². The van der Waals surface area contributed by atoms with E-state index in [0.717, 1.165) is 18.6 Å². The van der Waals surface area contributed by atoms with E-state index in [-0.39, 0.29) is 11.5 Å². The molecule has 0 aliphatic heterocycles. The maximum absolute atomic E-state index is 6.12. The summed E-state index contributed by atoms with van der Waals surface area (Å²) in [4.78, 5) is 0. The lowest BCUT2D eigenvalue weighted by atomic mass is 9.84. The summed E-state index contributed by atoms with van der Waals surface area (Å²) in [7, 11) is 0. The van der Waals surface area contributed by atoms with Crippen LogP contribution < -0.4 is 10.5 Å². The first-order chi connectivity index (χ1) is 8.79. The highest BCUT2D eigenvalue weighted by atomic mass is 16.5. The average molecular weight is 263 g/mol. The van der Waals surface area contributed by atoms with Crippen LogP contribution in [-0.4, -0.2) is 12.6 Å². The SMILES string of the molecule is CCOc1c(C)cc(C(C)(C)C)cc1CC(N)CC. The van der Waals surface area contributed by atoms with Crippen LogP contribution in [0.4, 0.5) is 0 Å². The minimum Gasteiger partial charge on any atom is -0.493 e. The first kappa shape index (κ1) is 16.0. The molecular formula is C17H29NO. The van der Waals surface area contributed by atoms with Crippen LogP contribution in [0, 0.1) is 6.92 Å². The summed E-state index contributed by atoms with van der Waals surface area (Å²) in [6.07, 6.45) is 1.88. The van der Waals surface area contributed by atoms with E-state index in [9.17, 15) is 0 Å². The number of hydrogen-bond donors (Lipinski definition) is 1. The summed E-state index contributed by atoms with van der Waals surface area (Å²) >= 11 is 0. The number of rotatable bonds is 5. The number of hydrogen-bond acceptors (Lipinski definition) is 2. The van der Waals surface area contributed by atoms with E-state index in [0.29, 0.717) is 6.61 Å². The molecule has 0 saturated carbocycles. The van der Waals surface area contributed by atoms with Crippen molar-refractivity contribution in [2.75, 3.05) is 6.61 Å². The van der Waals surface area contributed by atoms with Crippen molar-refractivity contribution in [2.24, 2.45) is 5.73 Å². The van der Waals surface area contributed by atoms with Crippen LogP contribution in [0.2, 0.25) is 0 Å². The Labute approximate surface area is 118 Å². The Morgan fingerprint density at radius 3 is 2.32 bits per heavy atom. The number of ether oxygens (including phenoxy) is 1. The van der Waals surface area contributed by atoms with Crippen molar-refractivity contribution in [2.45, 2.75) is 65.8 Å². The molecule has 0 heterocycles.